The zero-order chi connectivity index (χ0) is 15.4. The summed E-state index contributed by atoms with van der Waals surface area (Å²) in [5, 5.41) is 0. The van der Waals surface area contributed by atoms with Crippen LogP contribution in [-0.2, 0) is 9.53 Å². The van der Waals surface area contributed by atoms with Crippen molar-refractivity contribution in [2.75, 3.05) is 0 Å². The molecule has 0 bridgehead atoms. The first-order valence-electron chi connectivity index (χ1n) is 5.99. The minimum atomic E-state index is -1.27. The molecule has 21 heavy (non-hydrogen) atoms. The molecule has 6 heteroatoms. The highest BCUT2D eigenvalue weighted by molar-refractivity contribution is 9.10. The second-order valence-electron chi connectivity index (χ2n) is 4.22. The number of nitrogens with two attached hydrogens (primary N) is 1. The lowest BCUT2D eigenvalue weighted by Crippen LogP contribution is -2.26. The molecule has 2 aromatic rings. The highest BCUT2D eigenvalue weighted by Gasteiger charge is 2.24. The number of primary amides is 1. The second kappa shape index (κ2) is 6.49. The van der Waals surface area contributed by atoms with Gasteiger partial charge in [0, 0.05) is 10.0 Å². The molecule has 0 aliphatic rings. The van der Waals surface area contributed by atoms with Crippen molar-refractivity contribution in [1.82, 2.24) is 0 Å². The van der Waals surface area contributed by atoms with E-state index in [0.29, 0.717) is 10.0 Å². The monoisotopic (exact) mass is 351 g/mol. The maximum absolute atomic E-state index is 13.6. The van der Waals surface area contributed by atoms with Crippen LogP contribution in [0.5, 0.6) is 0 Å². The molecule has 4 nitrogen and oxygen atoms in total. The quantitative estimate of drug-likeness (QED) is 0.861. The van der Waals surface area contributed by atoms with Gasteiger partial charge in [-0.05, 0) is 18.2 Å². The van der Waals surface area contributed by atoms with E-state index in [1.165, 1.54) is 12.1 Å². The topological polar surface area (TPSA) is 69.4 Å². The Morgan fingerprint density at radius 1 is 1.14 bits per heavy atom. The number of carbonyl (C=O) groups is 2. The maximum Gasteiger partial charge on any atom is 0.342 e. The number of hydrogen-bond donors (Lipinski definition) is 1. The van der Waals surface area contributed by atoms with E-state index in [1.807, 2.05) is 0 Å². The number of carbonyl (C=O) groups excluding carboxylic acids is 2. The third-order valence-electron chi connectivity index (χ3n) is 2.73. The summed E-state index contributed by atoms with van der Waals surface area (Å²) in [4.78, 5) is 23.5. The van der Waals surface area contributed by atoms with Crippen LogP contribution < -0.4 is 5.73 Å². The minimum Gasteiger partial charge on any atom is -0.444 e. The molecule has 0 saturated carbocycles. The van der Waals surface area contributed by atoms with Crippen LogP contribution in [-0.4, -0.2) is 11.9 Å². The third-order valence-corrected chi connectivity index (χ3v) is 3.23. The molecular weight excluding hydrogens is 341 g/mol. The Hall–Kier alpha value is -2.21. The van der Waals surface area contributed by atoms with Crippen molar-refractivity contribution < 1.29 is 18.7 Å². The summed E-state index contributed by atoms with van der Waals surface area (Å²) in [7, 11) is 0. The van der Waals surface area contributed by atoms with E-state index in [2.05, 4.69) is 15.9 Å². The number of esters is 1. The Morgan fingerprint density at radius 3 is 2.43 bits per heavy atom. The van der Waals surface area contributed by atoms with Crippen LogP contribution in [0.3, 0.4) is 0 Å². The van der Waals surface area contributed by atoms with Crippen LogP contribution in [0.15, 0.2) is 53.0 Å². The Balaban J connectivity index is 2.27. The Kier molecular flexibility index (Phi) is 4.70. The summed E-state index contributed by atoms with van der Waals surface area (Å²) in [6.45, 7) is 0. The van der Waals surface area contributed by atoms with Gasteiger partial charge in [0.15, 0.2) is 0 Å². The lowest BCUT2D eigenvalue weighted by Gasteiger charge is -2.15. The predicted octanol–water partition coefficient (Wildman–Crippen LogP) is 2.97. The zero-order valence-corrected chi connectivity index (χ0v) is 12.3. The lowest BCUT2D eigenvalue weighted by atomic mass is 10.1. The molecule has 2 aromatic carbocycles. The number of benzene rings is 2. The molecule has 0 radical (unpaired) electrons. The second-order valence-corrected chi connectivity index (χ2v) is 5.14. The Bertz CT molecular complexity index is 676. The van der Waals surface area contributed by atoms with Crippen molar-refractivity contribution in [3.8, 4) is 0 Å². The SMILES string of the molecule is NC(=O)C(OC(=O)c1cc(Br)ccc1F)c1ccccc1. The van der Waals surface area contributed by atoms with Gasteiger partial charge in [0.1, 0.15) is 5.82 Å². The van der Waals surface area contributed by atoms with Crippen molar-refractivity contribution in [1.29, 1.82) is 0 Å². The van der Waals surface area contributed by atoms with Gasteiger partial charge in [0.2, 0.25) is 6.10 Å². The van der Waals surface area contributed by atoms with Gasteiger partial charge in [-0.25, -0.2) is 9.18 Å². The molecule has 0 aromatic heterocycles. The van der Waals surface area contributed by atoms with Gasteiger partial charge < -0.3 is 10.5 Å². The first kappa shape index (κ1) is 15.2. The largest absolute Gasteiger partial charge is 0.444 e. The molecule has 1 amide bonds. The number of rotatable bonds is 4. The smallest absolute Gasteiger partial charge is 0.342 e. The molecule has 0 spiro atoms. The molecule has 0 heterocycles. The molecule has 1 atom stereocenters. The number of ether oxygens (including phenoxy) is 1. The molecule has 2 N–H and O–H groups in total. The van der Waals surface area contributed by atoms with E-state index in [9.17, 15) is 14.0 Å². The molecule has 0 saturated heterocycles. The molecule has 1 unspecified atom stereocenters. The highest BCUT2D eigenvalue weighted by Crippen LogP contribution is 2.21. The molecule has 0 fully saturated rings. The summed E-state index contributed by atoms with van der Waals surface area (Å²) >= 11 is 3.14. The number of halogens is 2. The average Bonchev–Trinajstić information content (AvgIpc) is 2.47. The Morgan fingerprint density at radius 2 is 1.81 bits per heavy atom. The van der Waals surface area contributed by atoms with Crippen LogP contribution in [0.1, 0.15) is 22.0 Å². The van der Waals surface area contributed by atoms with Crippen LogP contribution in [0.4, 0.5) is 4.39 Å². The van der Waals surface area contributed by atoms with Gasteiger partial charge in [-0.15, -0.1) is 0 Å². The predicted molar refractivity (Wildman–Crippen MR) is 77.9 cm³/mol. The fourth-order valence-electron chi connectivity index (χ4n) is 1.74. The van der Waals surface area contributed by atoms with Crippen LogP contribution in [0, 0.1) is 5.82 Å². The molecular formula is C15H11BrFNO3. The first-order valence-corrected chi connectivity index (χ1v) is 6.78. The van der Waals surface area contributed by atoms with E-state index in [4.69, 9.17) is 10.5 Å². The van der Waals surface area contributed by atoms with Crippen molar-refractivity contribution in [3.63, 3.8) is 0 Å². The normalized spacial score (nSPS) is 11.7. The maximum atomic E-state index is 13.6. The van der Waals surface area contributed by atoms with Crippen LogP contribution in [0.25, 0.3) is 0 Å². The molecule has 2 rings (SSSR count). The van der Waals surface area contributed by atoms with Gasteiger partial charge >= 0.3 is 5.97 Å². The van der Waals surface area contributed by atoms with Crippen molar-refractivity contribution in [2.45, 2.75) is 6.10 Å². The highest BCUT2D eigenvalue weighted by atomic mass is 79.9. The summed E-state index contributed by atoms with van der Waals surface area (Å²) in [6.07, 6.45) is -1.27. The number of amides is 1. The first-order chi connectivity index (χ1) is 9.99. The van der Waals surface area contributed by atoms with E-state index in [1.54, 1.807) is 30.3 Å². The van der Waals surface area contributed by atoms with Gasteiger partial charge in [-0.3, -0.25) is 4.79 Å². The van der Waals surface area contributed by atoms with E-state index < -0.39 is 23.8 Å². The van der Waals surface area contributed by atoms with E-state index >= 15 is 0 Å². The van der Waals surface area contributed by atoms with Gasteiger partial charge in [-0.1, -0.05) is 46.3 Å². The lowest BCUT2D eigenvalue weighted by molar-refractivity contribution is -0.127. The average molecular weight is 352 g/mol. The molecule has 0 aliphatic carbocycles. The number of hydrogen-bond acceptors (Lipinski definition) is 3. The van der Waals surface area contributed by atoms with Crippen LogP contribution in [0.2, 0.25) is 0 Å². The fraction of sp³-hybridized carbons (Fsp3) is 0.0667. The van der Waals surface area contributed by atoms with E-state index in [-0.39, 0.29) is 5.56 Å². The van der Waals surface area contributed by atoms with Gasteiger partial charge in [0.25, 0.3) is 5.91 Å². The van der Waals surface area contributed by atoms with Crippen molar-refractivity contribution in [3.05, 3.63) is 69.9 Å². The summed E-state index contributed by atoms with van der Waals surface area (Å²) in [5.74, 6) is -2.52. The van der Waals surface area contributed by atoms with Crippen molar-refractivity contribution >= 4 is 27.8 Å². The van der Waals surface area contributed by atoms with E-state index in [0.717, 1.165) is 6.07 Å². The minimum absolute atomic E-state index is 0.272. The van der Waals surface area contributed by atoms with Gasteiger partial charge in [-0.2, -0.15) is 0 Å². The van der Waals surface area contributed by atoms with Crippen molar-refractivity contribution in [2.24, 2.45) is 5.73 Å². The zero-order valence-electron chi connectivity index (χ0n) is 10.8. The van der Waals surface area contributed by atoms with Gasteiger partial charge in [0.05, 0.1) is 5.56 Å². The summed E-state index contributed by atoms with van der Waals surface area (Å²) in [6, 6.07) is 12.2. The van der Waals surface area contributed by atoms with Crippen LogP contribution >= 0.6 is 15.9 Å². The summed E-state index contributed by atoms with van der Waals surface area (Å²) < 4.78 is 19.2. The Labute approximate surface area is 128 Å². The fourth-order valence-corrected chi connectivity index (χ4v) is 2.10. The molecule has 0 aliphatic heterocycles. The standard InChI is InChI=1S/C15H11BrFNO3/c16-10-6-7-12(17)11(8-10)15(20)21-13(14(18)19)9-4-2-1-3-5-9/h1-8,13H,(H2,18,19). The molecule has 108 valence electrons. The summed E-state index contributed by atoms with van der Waals surface area (Å²) in [5.41, 5.74) is 5.40. The third kappa shape index (κ3) is 3.66.